The molecule has 0 aromatic heterocycles. The number of ether oxygens (including phenoxy) is 1. The molecule has 14 heavy (non-hydrogen) atoms. The zero-order valence-electron chi connectivity index (χ0n) is 8.14. The summed E-state index contributed by atoms with van der Waals surface area (Å²) >= 11 is 0. The van der Waals surface area contributed by atoms with Crippen LogP contribution in [0.5, 0.6) is 5.75 Å². The maximum Gasteiger partial charge on any atom is 0.138 e. The molecule has 2 atom stereocenters. The molecule has 3 nitrogen and oxygen atoms in total. The Balaban J connectivity index is 1.94. The normalized spacial score (nSPS) is 24.4. The molecule has 0 saturated carbocycles. The molecule has 3 heteroatoms. The molecular formula is C11H13NO2. The maximum atomic E-state index is 10.4. The standard InChI is InChI=1S/C11H13NO2/c1-14-11-4-2-9(3-5-11)6-12-7-10(12)8-13/h2-5,8,10H,6-7H2,1H3. The zero-order chi connectivity index (χ0) is 9.97. The Morgan fingerprint density at radius 1 is 1.50 bits per heavy atom. The van der Waals surface area contributed by atoms with Gasteiger partial charge in [-0.05, 0) is 17.7 Å². The lowest BCUT2D eigenvalue weighted by molar-refractivity contribution is -0.108. The lowest BCUT2D eigenvalue weighted by Gasteiger charge is -2.03. The largest absolute Gasteiger partial charge is 0.497 e. The van der Waals surface area contributed by atoms with Crippen molar-refractivity contribution in [1.82, 2.24) is 4.90 Å². The summed E-state index contributed by atoms with van der Waals surface area (Å²) in [7, 11) is 1.65. The van der Waals surface area contributed by atoms with Crippen LogP contribution in [0.3, 0.4) is 0 Å². The molecule has 2 rings (SSSR count). The fourth-order valence-corrected chi connectivity index (χ4v) is 1.47. The first-order chi connectivity index (χ1) is 6.83. The first-order valence-corrected chi connectivity index (χ1v) is 4.66. The van der Waals surface area contributed by atoms with E-state index in [1.807, 2.05) is 24.3 Å². The van der Waals surface area contributed by atoms with Crippen LogP contribution >= 0.6 is 0 Å². The third-order valence-corrected chi connectivity index (χ3v) is 2.46. The Labute approximate surface area is 83.3 Å². The van der Waals surface area contributed by atoms with Crippen molar-refractivity contribution in [2.24, 2.45) is 0 Å². The lowest BCUT2D eigenvalue weighted by Crippen LogP contribution is -2.02. The van der Waals surface area contributed by atoms with Gasteiger partial charge < -0.3 is 9.53 Å². The average molecular weight is 191 g/mol. The molecule has 2 unspecified atom stereocenters. The smallest absolute Gasteiger partial charge is 0.138 e. The van der Waals surface area contributed by atoms with Gasteiger partial charge in [0.1, 0.15) is 12.0 Å². The van der Waals surface area contributed by atoms with Crippen molar-refractivity contribution in [3.05, 3.63) is 29.8 Å². The van der Waals surface area contributed by atoms with E-state index in [0.717, 1.165) is 25.1 Å². The molecule has 0 radical (unpaired) electrons. The van der Waals surface area contributed by atoms with Crippen molar-refractivity contribution < 1.29 is 9.53 Å². The van der Waals surface area contributed by atoms with Gasteiger partial charge in [-0.1, -0.05) is 12.1 Å². The van der Waals surface area contributed by atoms with E-state index < -0.39 is 0 Å². The highest BCUT2D eigenvalue weighted by Gasteiger charge is 2.32. The van der Waals surface area contributed by atoms with Crippen LogP contribution in [0.15, 0.2) is 24.3 Å². The third-order valence-electron chi connectivity index (χ3n) is 2.46. The molecule has 1 heterocycles. The molecule has 74 valence electrons. The molecule has 0 spiro atoms. The number of hydrogen-bond donors (Lipinski definition) is 0. The van der Waals surface area contributed by atoms with Crippen LogP contribution in [0.4, 0.5) is 0 Å². The molecular weight excluding hydrogens is 178 g/mol. The van der Waals surface area contributed by atoms with Crippen LogP contribution in [0, 0.1) is 0 Å². The Kier molecular flexibility index (Phi) is 2.50. The van der Waals surface area contributed by atoms with Gasteiger partial charge in [0, 0.05) is 13.1 Å². The summed E-state index contributed by atoms with van der Waals surface area (Å²) in [6.07, 6.45) is 1.00. The second-order valence-corrected chi connectivity index (χ2v) is 3.48. The first kappa shape index (κ1) is 9.21. The fourth-order valence-electron chi connectivity index (χ4n) is 1.47. The van der Waals surface area contributed by atoms with Gasteiger partial charge in [-0.25, -0.2) is 0 Å². The molecule has 0 bridgehead atoms. The van der Waals surface area contributed by atoms with Crippen LogP contribution in [0.2, 0.25) is 0 Å². The van der Waals surface area contributed by atoms with E-state index in [2.05, 4.69) is 4.90 Å². The molecule has 1 aromatic carbocycles. The van der Waals surface area contributed by atoms with Gasteiger partial charge in [-0.2, -0.15) is 0 Å². The van der Waals surface area contributed by atoms with Crippen LogP contribution in [-0.4, -0.2) is 30.9 Å². The third kappa shape index (κ3) is 1.93. The predicted octanol–water partition coefficient (Wildman–Crippen LogP) is 1.08. The minimum absolute atomic E-state index is 0.150. The minimum atomic E-state index is 0.150. The highest BCUT2D eigenvalue weighted by atomic mass is 16.5. The van der Waals surface area contributed by atoms with E-state index >= 15 is 0 Å². The van der Waals surface area contributed by atoms with Crippen molar-refractivity contribution in [1.29, 1.82) is 0 Å². The van der Waals surface area contributed by atoms with Gasteiger partial charge in [0.05, 0.1) is 13.2 Å². The first-order valence-electron chi connectivity index (χ1n) is 4.66. The maximum absolute atomic E-state index is 10.4. The average Bonchev–Trinajstić information content (AvgIpc) is 2.98. The molecule has 0 N–H and O–H groups in total. The van der Waals surface area contributed by atoms with Crippen molar-refractivity contribution >= 4 is 6.29 Å². The number of aldehydes is 1. The quantitative estimate of drug-likeness (QED) is 0.527. The molecule has 0 amide bonds. The van der Waals surface area contributed by atoms with Crippen LogP contribution in [-0.2, 0) is 11.3 Å². The monoisotopic (exact) mass is 191 g/mol. The minimum Gasteiger partial charge on any atom is -0.497 e. The fraction of sp³-hybridized carbons (Fsp3) is 0.364. The van der Waals surface area contributed by atoms with E-state index in [4.69, 9.17) is 4.74 Å². The summed E-state index contributed by atoms with van der Waals surface area (Å²) in [5, 5.41) is 0. The number of hydrogen-bond acceptors (Lipinski definition) is 3. The Bertz CT molecular complexity index is 321. The molecule has 1 aliphatic heterocycles. The topological polar surface area (TPSA) is 29.3 Å². The molecule has 0 aliphatic carbocycles. The van der Waals surface area contributed by atoms with E-state index in [-0.39, 0.29) is 6.04 Å². The van der Waals surface area contributed by atoms with Crippen LogP contribution < -0.4 is 4.74 Å². The molecule has 1 aromatic rings. The highest BCUT2D eigenvalue weighted by molar-refractivity contribution is 5.62. The van der Waals surface area contributed by atoms with Crippen molar-refractivity contribution in [3.63, 3.8) is 0 Å². The van der Waals surface area contributed by atoms with Gasteiger partial charge >= 0.3 is 0 Å². The Hall–Kier alpha value is -1.35. The van der Waals surface area contributed by atoms with E-state index in [9.17, 15) is 4.79 Å². The number of benzene rings is 1. The van der Waals surface area contributed by atoms with Gasteiger partial charge in [0.15, 0.2) is 0 Å². The van der Waals surface area contributed by atoms with Gasteiger partial charge in [-0.3, -0.25) is 4.90 Å². The van der Waals surface area contributed by atoms with E-state index in [1.165, 1.54) is 5.56 Å². The van der Waals surface area contributed by atoms with Crippen molar-refractivity contribution in [2.75, 3.05) is 13.7 Å². The van der Waals surface area contributed by atoms with Crippen LogP contribution in [0.1, 0.15) is 5.56 Å². The summed E-state index contributed by atoms with van der Waals surface area (Å²) in [5.41, 5.74) is 1.22. The summed E-state index contributed by atoms with van der Waals surface area (Å²) < 4.78 is 5.06. The van der Waals surface area contributed by atoms with Gasteiger partial charge in [-0.15, -0.1) is 0 Å². The van der Waals surface area contributed by atoms with Crippen LogP contribution in [0.25, 0.3) is 0 Å². The highest BCUT2D eigenvalue weighted by Crippen LogP contribution is 2.20. The SMILES string of the molecule is COc1ccc(CN2CC2C=O)cc1. The Morgan fingerprint density at radius 3 is 2.71 bits per heavy atom. The Morgan fingerprint density at radius 2 is 2.21 bits per heavy atom. The number of methoxy groups -OCH3 is 1. The molecule has 1 saturated heterocycles. The summed E-state index contributed by atoms with van der Waals surface area (Å²) in [6, 6.07) is 8.08. The van der Waals surface area contributed by atoms with E-state index in [0.29, 0.717) is 0 Å². The molecule has 1 fully saturated rings. The van der Waals surface area contributed by atoms with Crippen molar-refractivity contribution in [2.45, 2.75) is 12.6 Å². The molecule has 1 aliphatic rings. The number of nitrogens with zero attached hydrogens (tertiary/aromatic N) is 1. The van der Waals surface area contributed by atoms with Crippen molar-refractivity contribution in [3.8, 4) is 5.75 Å². The number of carbonyl (C=O) groups excluding carboxylic acids is 1. The summed E-state index contributed by atoms with van der Waals surface area (Å²) in [6.45, 7) is 1.75. The number of rotatable bonds is 4. The lowest BCUT2D eigenvalue weighted by atomic mass is 10.2. The number of carbonyl (C=O) groups is 1. The second kappa shape index (κ2) is 3.80. The zero-order valence-corrected chi connectivity index (χ0v) is 8.14. The second-order valence-electron chi connectivity index (χ2n) is 3.48. The van der Waals surface area contributed by atoms with Gasteiger partial charge in [0.25, 0.3) is 0 Å². The predicted molar refractivity (Wildman–Crippen MR) is 53.3 cm³/mol. The summed E-state index contributed by atoms with van der Waals surface area (Å²) in [5.74, 6) is 0.867. The van der Waals surface area contributed by atoms with E-state index in [1.54, 1.807) is 7.11 Å². The van der Waals surface area contributed by atoms with Gasteiger partial charge in [0.2, 0.25) is 0 Å². The summed E-state index contributed by atoms with van der Waals surface area (Å²) in [4.78, 5) is 12.5.